The number of benzene rings is 1. The van der Waals surface area contributed by atoms with Gasteiger partial charge in [0.15, 0.2) is 0 Å². The van der Waals surface area contributed by atoms with Crippen LogP contribution in [0.2, 0.25) is 0 Å². The predicted octanol–water partition coefficient (Wildman–Crippen LogP) is 2.98. The third-order valence-electron chi connectivity index (χ3n) is 2.51. The molecule has 2 amide bonds. The second-order valence-corrected chi connectivity index (χ2v) is 5.01. The smallest absolute Gasteiger partial charge is 0.270 e. The molecule has 6 heteroatoms. The van der Waals surface area contributed by atoms with E-state index < -0.39 is 11.8 Å². The molecule has 0 spiro atoms. The van der Waals surface area contributed by atoms with Crippen LogP contribution in [0.3, 0.4) is 0 Å². The summed E-state index contributed by atoms with van der Waals surface area (Å²) in [4.78, 5) is 23.8. The number of amides is 2. The predicted molar refractivity (Wildman–Crippen MR) is 80.6 cm³/mol. The van der Waals surface area contributed by atoms with E-state index >= 15 is 0 Å². The van der Waals surface area contributed by atoms with E-state index in [9.17, 15) is 9.59 Å². The second-order valence-electron chi connectivity index (χ2n) is 4.07. The van der Waals surface area contributed by atoms with Crippen LogP contribution in [0.5, 0.6) is 0 Å². The third kappa shape index (κ3) is 5.23. The summed E-state index contributed by atoms with van der Waals surface area (Å²) in [6.07, 6.45) is 1.79. The summed E-state index contributed by atoms with van der Waals surface area (Å²) in [6, 6.07) is 8.50. The van der Waals surface area contributed by atoms with Crippen molar-refractivity contribution in [2.75, 3.05) is 6.54 Å². The number of halogens is 2. The summed E-state index contributed by atoms with van der Waals surface area (Å²) in [5.41, 5.74) is 0.277. The van der Waals surface area contributed by atoms with Gasteiger partial charge in [0, 0.05) is 12.1 Å². The molecule has 1 aromatic rings. The Kier molecular flexibility index (Phi) is 7.12. The normalized spacial score (nSPS) is 9.75. The minimum atomic E-state index is -0.497. The largest absolute Gasteiger partial charge is 0.351 e. The molecule has 0 heterocycles. The van der Waals surface area contributed by atoms with Gasteiger partial charge < -0.3 is 10.6 Å². The van der Waals surface area contributed by atoms with Crippen LogP contribution < -0.4 is 10.6 Å². The Hall–Kier alpha value is -1.52. The zero-order valence-electron chi connectivity index (χ0n) is 11.1. The van der Waals surface area contributed by atoms with Crippen molar-refractivity contribution in [3.05, 3.63) is 46.1 Å². The molecule has 0 atom stereocenters. The van der Waals surface area contributed by atoms with Gasteiger partial charge in [0.05, 0.1) is 0 Å². The molecule has 108 valence electrons. The van der Waals surface area contributed by atoms with Crippen molar-refractivity contribution < 1.29 is 9.59 Å². The van der Waals surface area contributed by atoms with Crippen LogP contribution in [-0.4, -0.2) is 18.4 Å². The van der Waals surface area contributed by atoms with Gasteiger partial charge in [-0.2, -0.15) is 0 Å². The molecule has 0 saturated carbocycles. The summed E-state index contributed by atoms with van der Waals surface area (Å²) < 4.78 is -0.275. The lowest BCUT2D eigenvalue weighted by Gasteiger charge is -2.10. The van der Waals surface area contributed by atoms with E-state index in [1.807, 2.05) is 6.92 Å². The fraction of sp³-hybridized carbons (Fsp3) is 0.286. The van der Waals surface area contributed by atoms with Crippen molar-refractivity contribution in [2.24, 2.45) is 0 Å². The third-order valence-corrected chi connectivity index (χ3v) is 2.88. The van der Waals surface area contributed by atoms with Crippen LogP contribution in [0, 0.1) is 0 Å². The van der Waals surface area contributed by atoms with Crippen LogP contribution in [0.4, 0.5) is 0 Å². The van der Waals surface area contributed by atoms with Crippen molar-refractivity contribution in [3.63, 3.8) is 0 Å². The maximum absolute atomic E-state index is 12.0. The first-order valence-electron chi connectivity index (χ1n) is 6.26. The van der Waals surface area contributed by atoms with Gasteiger partial charge in [0.25, 0.3) is 11.8 Å². The lowest BCUT2D eigenvalue weighted by Crippen LogP contribution is -2.35. The van der Waals surface area contributed by atoms with Crippen LogP contribution in [0.25, 0.3) is 0 Å². The summed E-state index contributed by atoms with van der Waals surface area (Å²) in [7, 11) is 0. The molecule has 4 nitrogen and oxygen atoms in total. The molecule has 0 radical (unpaired) electrons. The van der Waals surface area contributed by atoms with Gasteiger partial charge in [-0.25, -0.2) is 0 Å². The minimum absolute atomic E-state index is 0.140. The van der Waals surface area contributed by atoms with E-state index in [1.54, 1.807) is 30.3 Å². The van der Waals surface area contributed by atoms with Crippen molar-refractivity contribution in [1.82, 2.24) is 10.6 Å². The molecule has 0 fully saturated rings. The van der Waals surface area contributed by atoms with E-state index in [-0.39, 0.29) is 10.2 Å². The molecule has 1 rings (SSSR count). The molecular weight excluding hydrogens is 299 g/mol. The lowest BCUT2D eigenvalue weighted by molar-refractivity contribution is -0.117. The molecule has 0 aliphatic rings. The number of hydrogen-bond acceptors (Lipinski definition) is 2. The Morgan fingerprint density at radius 1 is 1.15 bits per heavy atom. The Morgan fingerprint density at radius 3 is 2.35 bits per heavy atom. The van der Waals surface area contributed by atoms with Crippen LogP contribution >= 0.6 is 23.2 Å². The molecule has 2 N–H and O–H groups in total. The van der Waals surface area contributed by atoms with E-state index in [2.05, 4.69) is 10.6 Å². The lowest BCUT2D eigenvalue weighted by atomic mass is 10.2. The zero-order valence-corrected chi connectivity index (χ0v) is 12.6. The number of rotatable bonds is 6. The molecule has 0 bridgehead atoms. The number of carbonyl (C=O) groups is 2. The van der Waals surface area contributed by atoms with E-state index in [4.69, 9.17) is 23.2 Å². The zero-order chi connectivity index (χ0) is 15.0. The average Bonchev–Trinajstić information content (AvgIpc) is 2.45. The van der Waals surface area contributed by atoms with Crippen molar-refractivity contribution in [2.45, 2.75) is 19.8 Å². The molecule has 0 aromatic heterocycles. The fourth-order valence-corrected chi connectivity index (χ4v) is 1.70. The standard InChI is InChI=1S/C14H16Cl2N2O2/c1-2-3-9-17-14(20)11(12(15)16)18-13(19)10-7-5-4-6-8-10/h4-8H,2-3,9H2,1H3,(H,17,20)(H,18,19). The Labute approximate surface area is 128 Å². The molecular formula is C14H16Cl2N2O2. The second kappa shape index (κ2) is 8.61. The summed E-state index contributed by atoms with van der Waals surface area (Å²) in [6.45, 7) is 2.51. The molecule has 0 saturated heterocycles. The first-order chi connectivity index (χ1) is 9.56. The number of carbonyl (C=O) groups excluding carboxylic acids is 2. The topological polar surface area (TPSA) is 58.2 Å². The average molecular weight is 315 g/mol. The molecule has 0 aliphatic heterocycles. The first-order valence-corrected chi connectivity index (χ1v) is 7.01. The highest BCUT2D eigenvalue weighted by atomic mass is 35.5. The fourth-order valence-electron chi connectivity index (χ4n) is 1.43. The molecule has 20 heavy (non-hydrogen) atoms. The SMILES string of the molecule is CCCCNC(=O)C(NC(=O)c1ccccc1)=C(Cl)Cl. The summed E-state index contributed by atoms with van der Waals surface area (Å²) in [5, 5.41) is 5.07. The van der Waals surface area contributed by atoms with Crippen LogP contribution in [0.15, 0.2) is 40.5 Å². The summed E-state index contributed by atoms with van der Waals surface area (Å²) in [5.74, 6) is -0.937. The first kappa shape index (κ1) is 16.5. The molecule has 0 unspecified atom stereocenters. The van der Waals surface area contributed by atoms with Gasteiger partial charge in [-0.3, -0.25) is 9.59 Å². The van der Waals surface area contributed by atoms with E-state index in [0.29, 0.717) is 12.1 Å². The monoisotopic (exact) mass is 314 g/mol. The van der Waals surface area contributed by atoms with Gasteiger partial charge in [-0.15, -0.1) is 0 Å². The Morgan fingerprint density at radius 2 is 1.80 bits per heavy atom. The Balaban J connectivity index is 2.72. The van der Waals surface area contributed by atoms with Crippen LogP contribution in [0.1, 0.15) is 30.1 Å². The van der Waals surface area contributed by atoms with Gasteiger partial charge in [-0.1, -0.05) is 54.7 Å². The maximum Gasteiger partial charge on any atom is 0.270 e. The highest BCUT2D eigenvalue weighted by molar-refractivity contribution is 6.57. The number of hydrogen-bond donors (Lipinski definition) is 2. The van der Waals surface area contributed by atoms with E-state index in [1.165, 1.54) is 0 Å². The van der Waals surface area contributed by atoms with Crippen LogP contribution in [-0.2, 0) is 4.79 Å². The highest BCUT2D eigenvalue weighted by Gasteiger charge is 2.17. The number of unbranched alkanes of at least 4 members (excludes halogenated alkanes) is 1. The Bertz CT molecular complexity index is 497. The van der Waals surface area contributed by atoms with Gasteiger partial charge in [0.1, 0.15) is 10.2 Å². The van der Waals surface area contributed by atoms with Gasteiger partial charge >= 0.3 is 0 Å². The van der Waals surface area contributed by atoms with Crippen molar-refractivity contribution >= 4 is 35.0 Å². The van der Waals surface area contributed by atoms with E-state index in [0.717, 1.165) is 12.8 Å². The molecule has 1 aromatic carbocycles. The highest BCUT2D eigenvalue weighted by Crippen LogP contribution is 2.13. The molecule has 0 aliphatic carbocycles. The number of nitrogens with one attached hydrogen (secondary N) is 2. The van der Waals surface area contributed by atoms with Gasteiger partial charge in [-0.05, 0) is 18.6 Å². The summed E-state index contributed by atoms with van der Waals surface area (Å²) >= 11 is 11.3. The quantitative estimate of drug-likeness (QED) is 0.626. The van der Waals surface area contributed by atoms with Gasteiger partial charge in [0.2, 0.25) is 0 Å². The van der Waals surface area contributed by atoms with Crippen molar-refractivity contribution in [1.29, 1.82) is 0 Å². The maximum atomic E-state index is 12.0. The minimum Gasteiger partial charge on any atom is -0.351 e. The van der Waals surface area contributed by atoms with Crippen molar-refractivity contribution in [3.8, 4) is 0 Å².